The van der Waals surface area contributed by atoms with Gasteiger partial charge < -0.3 is 4.74 Å². The van der Waals surface area contributed by atoms with Crippen molar-refractivity contribution in [3.05, 3.63) is 29.3 Å². The van der Waals surface area contributed by atoms with Gasteiger partial charge >= 0.3 is 0 Å². The lowest BCUT2D eigenvalue weighted by Gasteiger charge is -2.10. The molecule has 0 aromatic heterocycles. The maximum absolute atomic E-state index is 8.95. The summed E-state index contributed by atoms with van der Waals surface area (Å²) in [6.07, 6.45) is 2.59. The third kappa shape index (κ3) is 2.30. The van der Waals surface area contributed by atoms with Crippen LogP contribution in [0.15, 0.2) is 18.2 Å². The van der Waals surface area contributed by atoms with E-state index < -0.39 is 0 Å². The highest BCUT2D eigenvalue weighted by atomic mass is 16.5. The van der Waals surface area contributed by atoms with E-state index in [2.05, 4.69) is 19.9 Å². The normalized spacial score (nSPS) is 15.1. The largest absolute Gasteiger partial charge is 0.489 e. The number of rotatable bonds is 3. The molecule has 15 heavy (non-hydrogen) atoms. The first kappa shape index (κ1) is 10.0. The third-order valence-corrected chi connectivity index (χ3v) is 2.61. The van der Waals surface area contributed by atoms with E-state index in [4.69, 9.17) is 10.00 Å². The molecule has 0 atom stereocenters. The summed E-state index contributed by atoms with van der Waals surface area (Å²) in [5.74, 6) is 1.23. The minimum absolute atomic E-state index is 0.347. The fraction of sp³-hybridized carbons (Fsp3) is 0.462. The lowest BCUT2D eigenvalue weighted by molar-refractivity contribution is 0.302. The molecule has 1 fully saturated rings. The number of nitriles is 1. The molecule has 1 aliphatic carbocycles. The molecule has 0 saturated heterocycles. The van der Waals surface area contributed by atoms with E-state index in [9.17, 15) is 0 Å². The Bertz CT molecular complexity index is 399. The Hall–Kier alpha value is -1.49. The summed E-state index contributed by atoms with van der Waals surface area (Å²) < 4.78 is 5.72. The fourth-order valence-electron chi connectivity index (χ4n) is 1.45. The minimum Gasteiger partial charge on any atom is -0.489 e. The SMILES string of the molecule is CC(C)c1ccc(C#N)c(OC2CC2)c1. The Morgan fingerprint density at radius 1 is 1.40 bits per heavy atom. The van der Waals surface area contributed by atoms with Crippen molar-refractivity contribution in [2.24, 2.45) is 0 Å². The smallest absolute Gasteiger partial charge is 0.137 e. The fourth-order valence-corrected chi connectivity index (χ4v) is 1.45. The van der Waals surface area contributed by atoms with E-state index in [1.54, 1.807) is 0 Å². The van der Waals surface area contributed by atoms with Crippen LogP contribution in [0.5, 0.6) is 5.75 Å². The number of benzene rings is 1. The summed E-state index contributed by atoms with van der Waals surface area (Å²) in [5.41, 5.74) is 1.87. The maximum atomic E-state index is 8.95. The molecule has 1 saturated carbocycles. The first-order chi connectivity index (χ1) is 7.20. The molecule has 0 amide bonds. The van der Waals surface area contributed by atoms with Crippen LogP contribution in [0.4, 0.5) is 0 Å². The molecule has 0 radical (unpaired) electrons. The van der Waals surface area contributed by atoms with Crippen LogP contribution in [0, 0.1) is 11.3 Å². The zero-order chi connectivity index (χ0) is 10.8. The predicted octanol–water partition coefficient (Wildman–Crippen LogP) is 3.22. The minimum atomic E-state index is 0.347. The quantitative estimate of drug-likeness (QED) is 0.752. The van der Waals surface area contributed by atoms with Gasteiger partial charge in [0.15, 0.2) is 0 Å². The van der Waals surface area contributed by atoms with E-state index in [1.165, 1.54) is 5.56 Å². The second-order valence-corrected chi connectivity index (χ2v) is 4.34. The van der Waals surface area contributed by atoms with Crippen LogP contribution in [0.25, 0.3) is 0 Å². The Kier molecular flexibility index (Phi) is 2.64. The maximum Gasteiger partial charge on any atom is 0.137 e. The number of hydrogen-bond acceptors (Lipinski definition) is 2. The highest BCUT2D eigenvalue weighted by molar-refractivity contribution is 5.46. The van der Waals surface area contributed by atoms with Crippen LogP contribution in [0.1, 0.15) is 43.7 Å². The molecule has 1 aromatic carbocycles. The van der Waals surface area contributed by atoms with Crippen molar-refractivity contribution in [1.29, 1.82) is 5.26 Å². The molecule has 1 aliphatic rings. The van der Waals surface area contributed by atoms with Crippen LogP contribution in [0.3, 0.4) is 0 Å². The van der Waals surface area contributed by atoms with Crippen molar-refractivity contribution in [2.45, 2.75) is 38.7 Å². The van der Waals surface area contributed by atoms with Gasteiger partial charge in [-0.25, -0.2) is 0 Å². The molecule has 78 valence electrons. The summed E-state index contributed by atoms with van der Waals surface area (Å²) in [6, 6.07) is 8.03. The predicted molar refractivity (Wildman–Crippen MR) is 58.9 cm³/mol. The van der Waals surface area contributed by atoms with E-state index in [0.29, 0.717) is 17.6 Å². The van der Waals surface area contributed by atoms with Gasteiger partial charge in [-0.3, -0.25) is 0 Å². The lowest BCUT2D eigenvalue weighted by atomic mass is 10.0. The van der Waals surface area contributed by atoms with E-state index in [1.807, 2.05) is 18.2 Å². The van der Waals surface area contributed by atoms with Gasteiger partial charge in [0.05, 0.1) is 11.7 Å². The van der Waals surface area contributed by atoms with Gasteiger partial charge in [-0.1, -0.05) is 19.9 Å². The number of nitrogens with zero attached hydrogens (tertiary/aromatic N) is 1. The zero-order valence-electron chi connectivity index (χ0n) is 9.16. The van der Waals surface area contributed by atoms with Gasteiger partial charge in [-0.15, -0.1) is 0 Å². The van der Waals surface area contributed by atoms with Crippen molar-refractivity contribution in [2.75, 3.05) is 0 Å². The van der Waals surface area contributed by atoms with Crippen molar-refractivity contribution < 1.29 is 4.74 Å². The molecule has 2 heteroatoms. The average Bonchev–Trinajstić information content (AvgIpc) is 3.01. The molecular weight excluding hydrogens is 186 g/mol. The van der Waals surface area contributed by atoms with Crippen LogP contribution in [-0.2, 0) is 0 Å². The van der Waals surface area contributed by atoms with Gasteiger partial charge in [0.25, 0.3) is 0 Å². The number of hydrogen-bond donors (Lipinski definition) is 0. The second kappa shape index (κ2) is 3.94. The van der Waals surface area contributed by atoms with Crippen molar-refractivity contribution in [3.63, 3.8) is 0 Å². The third-order valence-electron chi connectivity index (χ3n) is 2.61. The summed E-state index contributed by atoms with van der Waals surface area (Å²) in [4.78, 5) is 0. The topological polar surface area (TPSA) is 33.0 Å². The van der Waals surface area contributed by atoms with Gasteiger partial charge in [0, 0.05) is 0 Å². The molecule has 1 aromatic rings. The standard InChI is InChI=1S/C13H15NO/c1-9(2)10-3-4-11(8-14)13(7-10)15-12-5-6-12/h3-4,7,9,12H,5-6H2,1-2H3. The Labute approximate surface area is 90.5 Å². The van der Waals surface area contributed by atoms with Crippen LogP contribution in [0.2, 0.25) is 0 Å². The molecule has 0 heterocycles. The van der Waals surface area contributed by atoms with Gasteiger partial charge in [0.1, 0.15) is 11.8 Å². The lowest BCUT2D eigenvalue weighted by Crippen LogP contribution is -1.99. The van der Waals surface area contributed by atoms with Crippen LogP contribution < -0.4 is 4.74 Å². The van der Waals surface area contributed by atoms with Crippen LogP contribution >= 0.6 is 0 Å². The summed E-state index contributed by atoms with van der Waals surface area (Å²) in [7, 11) is 0. The second-order valence-electron chi connectivity index (χ2n) is 4.34. The summed E-state index contributed by atoms with van der Waals surface area (Å²) in [6.45, 7) is 4.28. The number of ether oxygens (including phenoxy) is 1. The molecule has 0 spiro atoms. The van der Waals surface area contributed by atoms with Crippen molar-refractivity contribution in [3.8, 4) is 11.8 Å². The average molecular weight is 201 g/mol. The van der Waals surface area contributed by atoms with Crippen LogP contribution in [-0.4, -0.2) is 6.10 Å². The zero-order valence-corrected chi connectivity index (χ0v) is 9.16. The molecular formula is C13H15NO. The Morgan fingerprint density at radius 2 is 2.13 bits per heavy atom. The summed E-state index contributed by atoms with van der Waals surface area (Å²) >= 11 is 0. The van der Waals surface area contributed by atoms with Gasteiger partial charge in [-0.05, 0) is 36.5 Å². The molecule has 0 bridgehead atoms. The first-order valence-corrected chi connectivity index (χ1v) is 5.41. The molecule has 2 rings (SSSR count). The van der Waals surface area contributed by atoms with Gasteiger partial charge in [0.2, 0.25) is 0 Å². The molecule has 0 N–H and O–H groups in total. The Morgan fingerprint density at radius 3 is 2.67 bits per heavy atom. The highest BCUT2D eigenvalue weighted by Crippen LogP contribution is 2.31. The Balaban J connectivity index is 2.29. The molecule has 0 unspecified atom stereocenters. The molecule has 2 nitrogen and oxygen atoms in total. The summed E-state index contributed by atoms with van der Waals surface area (Å²) in [5, 5.41) is 8.95. The van der Waals surface area contributed by atoms with E-state index >= 15 is 0 Å². The van der Waals surface area contributed by atoms with Gasteiger partial charge in [-0.2, -0.15) is 5.26 Å². The van der Waals surface area contributed by atoms with E-state index in [-0.39, 0.29) is 0 Å². The molecule has 0 aliphatic heterocycles. The van der Waals surface area contributed by atoms with Crippen molar-refractivity contribution >= 4 is 0 Å². The van der Waals surface area contributed by atoms with Crippen molar-refractivity contribution in [1.82, 2.24) is 0 Å². The first-order valence-electron chi connectivity index (χ1n) is 5.41. The highest BCUT2D eigenvalue weighted by Gasteiger charge is 2.24. The monoisotopic (exact) mass is 201 g/mol. The van der Waals surface area contributed by atoms with E-state index in [0.717, 1.165) is 18.6 Å².